The monoisotopic (exact) mass is 430 g/mol. The molecule has 1 atom stereocenters. The van der Waals surface area contributed by atoms with Crippen molar-refractivity contribution in [3.63, 3.8) is 0 Å². The van der Waals surface area contributed by atoms with E-state index in [0.717, 1.165) is 10.9 Å². The number of allylic oxidation sites excluding steroid dienone is 1. The molecule has 3 N–H and O–H groups in total. The fraction of sp³-hybridized carbons (Fsp3) is 0.222. The van der Waals surface area contributed by atoms with Crippen LogP contribution in [0.15, 0.2) is 64.4 Å². The molecule has 0 aliphatic heterocycles. The largest absolute Gasteiger partial charge is 0.446 e. The summed E-state index contributed by atoms with van der Waals surface area (Å²) in [6.07, 6.45) is 6.52. The van der Waals surface area contributed by atoms with E-state index in [1.807, 2.05) is 13.6 Å². The van der Waals surface area contributed by atoms with E-state index in [-0.39, 0.29) is 16.7 Å². The Morgan fingerprint density at radius 3 is 2.43 bits per heavy atom. The summed E-state index contributed by atoms with van der Waals surface area (Å²) in [6, 6.07) is 7.87. The first kappa shape index (κ1) is 23.8. The molecule has 2 heterocycles. The fourth-order valence-electron chi connectivity index (χ4n) is 1.91. The van der Waals surface area contributed by atoms with Crippen LogP contribution >= 0.6 is 21.0 Å². The van der Waals surface area contributed by atoms with Gasteiger partial charge in [0.05, 0.1) is 5.39 Å². The SMILES string of the molecule is C/C=C\N.CP.FC(F)(F)Sc1ccc(CNc2noc3ccncc23)cc1. The maximum atomic E-state index is 12.3. The van der Waals surface area contributed by atoms with E-state index < -0.39 is 5.51 Å². The van der Waals surface area contributed by atoms with Crippen LogP contribution in [0, 0.1) is 0 Å². The van der Waals surface area contributed by atoms with Crippen molar-refractivity contribution >= 4 is 37.8 Å². The predicted octanol–water partition coefficient (Wildman–Crippen LogP) is 5.42. The normalized spacial score (nSPS) is 10.8. The number of anilines is 1. The standard InChI is InChI=1S/C14H10F3N3OS.C3H7N.CH5P/c15-14(16,17)22-10-3-1-9(2-4-10)7-19-13-11-8-18-6-5-12(11)21-20-13;1-2-3-4;1-2/h1-6,8H,7H2,(H,19,20);2-3H,4H2,1H3;2H2,1H3/b;3-2-;. The minimum atomic E-state index is -4.27. The van der Waals surface area contributed by atoms with Gasteiger partial charge >= 0.3 is 5.51 Å². The molecule has 152 valence electrons. The van der Waals surface area contributed by atoms with Gasteiger partial charge in [-0.3, -0.25) is 4.98 Å². The maximum absolute atomic E-state index is 12.3. The number of nitrogens with two attached hydrogens (primary N) is 1. The second-order valence-corrected chi connectivity index (χ2v) is 6.11. The Balaban J connectivity index is 0.000000583. The number of hydrogen-bond acceptors (Lipinski definition) is 6. The lowest BCUT2D eigenvalue weighted by Gasteiger charge is -2.07. The van der Waals surface area contributed by atoms with Crippen molar-refractivity contribution in [2.75, 3.05) is 12.0 Å². The van der Waals surface area contributed by atoms with Crippen LogP contribution in [-0.4, -0.2) is 22.3 Å². The Morgan fingerprint density at radius 2 is 1.86 bits per heavy atom. The summed E-state index contributed by atoms with van der Waals surface area (Å²) in [6.45, 7) is 4.22. The van der Waals surface area contributed by atoms with Gasteiger partial charge in [-0.1, -0.05) is 30.0 Å². The third kappa shape index (κ3) is 8.19. The van der Waals surface area contributed by atoms with Gasteiger partial charge in [-0.05, 0) is 42.6 Å². The number of alkyl halides is 3. The molecular weight excluding hydrogens is 408 g/mol. The van der Waals surface area contributed by atoms with Crippen LogP contribution in [0.4, 0.5) is 19.0 Å². The Morgan fingerprint density at radius 1 is 1.21 bits per heavy atom. The topological polar surface area (TPSA) is 77.0 Å². The van der Waals surface area contributed by atoms with Gasteiger partial charge in [-0.15, -0.1) is 9.24 Å². The molecule has 1 aromatic carbocycles. The van der Waals surface area contributed by atoms with Crippen molar-refractivity contribution in [1.82, 2.24) is 10.1 Å². The molecule has 3 aromatic rings. The molecule has 0 aliphatic rings. The van der Waals surface area contributed by atoms with E-state index in [4.69, 9.17) is 10.3 Å². The van der Waals surface area contributed by atoms with Gasteiger partial charge in [-0.25, -0.2) is 0 Å². The Kier molecular flexibility index (Phi) is 10.4. The molecule has 0 radical (unpaired) electrons. The van der Waals surface area contributed by atoms with Crippen LogP contribution in [0.5, 0.6) is 0 Å². The lowest BCUT2D eigenvalue weighted by atomic mass is 10.2. The first-order valence-corrected chi connectivity index (χ1v) is 10.1. The van der Waals surface area contributed by atoms with Gasteiger partial charge in [-0.2, -0.15) is 13.2 Å². The quantitative estimate of drug-likeness (QED) is 0.425. The van der Waals surface area contributed by atoms with Gasteiger partial charge in [0.2, 0.25) is 0 Å². The molecule has 0 spiro atoms. The number of rotatable bonds is 4. The predicted molar refractivity (Wildman–Crippen MR) is 112 cm³/mol. The minimum Gasteiger partial charge on any atom is -0.405 e. The van der Waals surface area contributed by atoms with Gasteiger partial charge in [0.1, 0.15) is 0 Å². The molecule has 0 fully saturated rings. The summed E-state index contributed by atoms with van der Waals surface area (Å²) in [4.78, 5) is 4.16. The van der Waals surface area contributed by atoms with Crippen LogP contribution in [0.3, 0.4) is 0 Å². The maximum Gasteiger partial charge on any atom is 0.446 e. The van der Waals surface area contributed by atoms with Crippen LogP contribution in [0.1, 0.15) is 12.5 Å². The van der Waals surface area contributed by atoms with Crippen molar-refractivity contribution < 1.29 is 17.7 Å². The summed E-state index contributed by atoms with van der Waals surface area (Å²) in [5.41, 5.74) is 2.04. The zero-order valence-electron chi connectivity index (χ0n) is 15.4. The number of pyridine rings is 1. The molecule has 10 heteroatoms. The van der Waals surface area contributed by atoms with E-state index >= 15 is 0 Å². The number of benzene rings is 1. The number of halogens is 3. The number of hydrogen-bond donors (Lipinski definition) is 2. The van der Waals surface area contributed by atoms with Crippen molar-refractivity contribution in [2.24, 2.45) is 5.73 Å². The highest BCUT2D eigenvalue weighted by Gasteiger charge is 2.28. The van der Waals surface area contributed by atoms with Gasteiger partial charge in [0, 0.05) is 29.9 Å². The van der Waals surface area contributed by atoms with E-state index in [0.29, 0.717) is 17.9 Å². The third-order valence-electron chi connectivity index (χ3n) is 3.08. The highest BCUT2D eigenvalue weighted by atomic mass is 32.2. The molecular formula is C18H22F3N4OPS. The van der Waals surface area contributed by atoms with E-state index in [1.165, 1.54) is 18.3 Å². The summed E-state index contributed by atoms with van der Waals surface area (Å²) in [5.74, 6) is 0.553. The van der Waals surface area contributed by atoms with Crippen LogP contribution in [-0.2, 0) is 6.54 Å². The van der Waals surface area contributed by atoms with E-state index in [9.17, 15) is 13.2 Å². The molecule has 0 aliphatic carbocycles. The lowest BCUT2D eigenvalue weighted by Crippen LogP contribution is -2.01. The minimum absolute atomic E-state index is 0.129. The van der Waals surface area contributed by atoms with Crippen LogP contribution in [0.2, 0.25) is 0 Å². The Hall–Kier alpha value is -2.25. The molecule has 0 saturated heterocycles. The van der Waals surface area contributed by atoms with E-state index in [2.05, 4.69) is 24.7 Å². The smallest absolute Gasteiger partial charge is 0.405 e. The molecule has 5 nitrogen and oxygen atoms in total. The second-order valence-electron chi connectivity index (χ2n) is 4.97. The van der Waals surface area contributed by atoms with E-state index in [1.54, 1.807) is 36.7 Å². The summed E-state index contributed by atoms with van der Waals surface area (Å²) in [5, 5.41) is 7.73. The Bertz CT molecular complexity index is 850. The molecule has 28 heavy (non-hydrogen) atoms. The number of fused-ring (bicyclic) bond motifs is 1. The van der Waals surface area contributed by atoms with Crippen molar-refractivity contribution in [1.29, 1.82) is 0 Å². The van der Waals surface area contributed by atoms with Crippen molar-refractivity contribution in [2.45, 2.75) is 23.9 Å². The number of aromatic nitrogens is 2. The highest BCUT2D eigenvalue weighted by molar-refractivity contribution is 8.00. The van der Waals surface area contributed by atoms with Gasteiger partial charge in [0.15, 0.2) is 11.4 Å². The van der Waals surface area contributed by atoms with Crippen LogP contribution < -0.4 is 11.1 Å². The fourth-order valence-corrected chi connectivity index (χ4v) is 2.44. The first-order chi connectivity index (χ1) is 13.4. The Labute approximate surface area is 168 Å². The number of thioether (sulfide) groups is 1. The highest BCUT2D eigenvalue weighted by Crippen LogP contribution is 2.36. The van der Waals surface area contributed by atoms with Crippen molar-refractivity contribution in [3.05, 3.63) is 60.6 Å². The molecule has 0 amide bonds. The van der Waals surface area contributed by atoms with Crippen LogP contribution in [0.25, 0.3) is 11.0 Å². The molecule has 0 saturated carbocycles. The summed E-state index contributed by atoms with van der Waals surface area (Å²) in [7, 11) is 2.42. The average Bonchev–Trinajstić information content (AvgIpc) is 3.11. The molecule has 2 aromatic heterocycles. The summed E-state index contributed by atoms with van der Waals surface area (Å²) < 4.78 is 41.9. The molecule has 1 unspecified atom stereocenters. The summed E-state index contributed by atoms with van der Waals surface area (Å²) >= 11 is -0.129. The average molecular weight is 430 g/mol. The van der Waals surface area contributed by atoms with Gasteiger partial charge < -0.3 is 15.6 Å². The number of nitrogens with one attached hydrogen (secondary N) is 1. The zero-order chi connectivity index (χ0) is 21.0. The number of nitrogens with zero attached hydrogens (tertiary/aromatic N) is 2. The lowest BCUT2D eigenvalue weighted by molar-refractivity contribution is -0.0328. The zero-order valence-corrected chi connectivity index (χ0v) is 17.4. The van der Waals surface area contributed by atoms with Crippen molar-refractivity contribution in [3.8, 4) is 0 Å². The first-order valence-electron chi connectivity index (χ1n) is 8.11. The molecule has 0 bridgehead atoms. The second kappa shape index (κ2) is 12.3. The third-order valence-corrected chi connectivity index (χ3v) is 3.82. The van der Waals surface area contributed by atoms with Gasteiger partial charge in [0.25, 0.3) is 0 Å². The molecule has 3 rings (SSSR count).